The lowest BCUT2D eigenvalue weighted by Crippen LogP contribution is -2.15. The molecule has 0 unspecified atom stereocenters. The Hall–Kier alpha value is -3.15. The Labute approximate surface area is 146 Å². The van der Waals surface area contributed by atoms with E-state index in [1.807, 2.05) is 0 Å². The number of rotatable bonds is 7. The van der Waals surface area contributed by atoms with E-state index in [1.165, 1.54) is 18.0 Å². The van der Waals surface area contributed by atoms with Crippen molar-refractivity contribution in [2.45, 2.75) is 23.9 Å². The van der Waals surface area contributed by atoms with Crippen molar-refractivity contribution in [3.63, 3.8) is 0 Å². The summed E-state index contributed by atoms with van der Waals surface area (Å²) in [5.41, 5.74) is 16.4. The van der Waals surface area contributed by atoms with Crippen LogP contribution in [-0.2, 0) is 17.1 Å². The molecule has 11 nitrogen and oxygen atoms in total. The molecule has 3 rings (SSSR count). The van der Waals surface area contributed by atoms with Crippen LogP contribution in [0.25, 0.3) is 11.6 Å². The molecule has 0 atom stereocenters. The number of hydrogen-bond donors (Lipinski definition) is 3. The number of hydrogen-bond acceptors (Lipinski definition) is 10. The molecule has 6 N–H and O–H groups in total. The number of nitrogens with zero attached hydrogens (tertiary/aromatic N) is 6. The zero-order valence-electron chi connectivity index (χ0n) is 13.0. The summed E-state index contributed by atoms with van der Waals surface area (Å²) in [5, 5.41) is 8.83. The fraction of sp³-hybridized carbons (Fsp3) is 0.231. The summed E-state index contributed by atoms with van der Waals surface area (Å²) in [6.45, 7) is 0.322. The predicted octanol–water partition coefficient (Wildman–Crippen LogP) is 0.0552. The van der Waals surface area contributed by atoms with Crippen molar-refractivity contribution in [1.82, 2.24) is 29.7 Å². The van der Waals surface area contributed by atoms with Crippen molar-refractivity contribution >= 4 is 29.6 Å². The summed E-state index contributed by atoms with van der Waals surface area (Å²) in [5.74, 6) is 1.49. The molecule has 1 amide bonds. The molecule has 0 spiro atoms. The quantitative estimate of drug-likeness (QED) is 0.487. The smallest absolute Gasteiger partial charge is 0.225 e. The van der Waals surface area contributed by atoms with Gasteiger partial charge in [0.25, 0.3) is 0 Å². The Balaban J connectivity index is 1.83. The molecular formula is C13H15N9O2S. The van der Waals surface area contributed by atoms with Crippen LogP contribution < -0.4 is 17.2 Å². The molecule has 0 radical (unpaired) electrons. The van der Waals surface area contributed by atoms with Crippen LogP contribution in [0.5, 0.6) is 0 Å². The Bertz CT molecular complexity index is 858. The number of carbonyl (C=O) groups is 1. The highest BCUT2D eigenvalue weighted by atomic mass is 32.2. The van der Waals surface area contributed by atoms with E-state index in [0.717, 1.165) is 0 Å². The van der Waals surface area contributed by atoms with E-state index in [2.05, 4.69) is 25.1 Å². The number of furan rings is 1. The molecule has 0 saturated heterocycles. The first-order chi connectivity index (χ1) is 12.0. The maximum absolute atomic E-state index is 11.1. The highest BCUT2D eigenvalue weighted by Gasteiger charge is 2.17. The lowest BCUT2D eigenvalue weighted by Gasteiger charge is -2.07. The minimum Gasteiger partial charge on any atom is -0.461 e. The third-order valence-corrected chi connectivity index (χ3v) is 4.05. The number of aromatic nitrogens is 6. The molecule has 3 heterocycles. The van der Waals surface area contributed by atoms with Crippen molar-refractivity contribution < 1.29 is 9.21 Å². The summed E-state index contributed by atoms with van der Waals surface area (Å²) in [7, 11) is 0. The second-order valence-electron chi connectivity index (χ2n) is 4.91. The average Bonchev–Trinajstić information content (AvgIpc) is 3.19. The third kappa shape index (κ3) is 4.03. The maximum atomic E-state index is 11.1. The van der Waals surface area contributed by atoms with Gasteiger partial charge in [0.15, 0.2) is 16.7 Å². The lowest BCUT2D eigenvalue weighted by atomic mass is 10.3. The van der Waals surface area contributed by atoms with E-state index in [-0.39, 0.29) is 18.3 Å². The number of primary amides is 1. The second-order valence-corrected chi connectivity index (χ2v) is 5.85. The van der Waals surface area contributed by atoms with Gasteiger partial charge in [-0.05, 0) is 12.1 Å². The second kappa shape index (κ2) is 7.17. The molecule has 0 saturated carbocycles. The summed E-state index contributed by atoms with van der Waals surface area (Å²) in [6, 6.07) is 3.50. The first kappa shape index (κ1) is 16.7. The Morgan fingerprint density at radius 2 is 1.96 bits per heavy atom. The van der Waals surface area contributed by atoms with Crippen LogP contribution in [0.15, 0.2) is 28.0 Å². The van der Waals surface area contributed by atoms with Crippen molar-refractivity contribution in [1.29, 1.82) is 0 Å². The van der Waals surface area contributed by atoms with E-state index in [1.54, 1.807) is 16.7 Å². The van der Waals surface area contributed by atoms with Gasteiger partial charge in [-0.1, -0.05) is 11.8 Å². The van der Waals surface area contributed by atoms with Crippen LogP contribution in [0, 0.1) is 0 Å². The maximum Gasteiger partial charge on any atom is 0.225 e. The predicted molar refractivity (Wildman–Crippen MR) is 89.7 cm³/mol. The number of nitrogen functional groups attached to an aromatic ring is 2. The highest BCUT2D eigenvalue weighted by Crippen LogP contribution is 2.26. The zero-order chi connectivity index (χ0) is 17.8. The van der Waals surface area contributed by atoms with Gasteiger partial charge in [-0.2, -0.15) is 15.0 Å². The fourth-order valence-corrected chi connectivity index (χ4v) is 2.88. The normalized spacial score (nSPS) is 10.9. The van der Waals surface area contributed by atoms with Crippen LogP contribution >= 0.6 is 11.8 Å². The van der Waals surface area contributed by atoms with E-state index >= 15 is 0 Å². The van der Waals surface area contributed by atoms with Gasteiger partial charge in [-0.15, -0.1) is 10.2 Å². The molecule has 12 heteroatoms. The highest BCUT2D eigenvalue weighted by molar-refractivity contribution is 7.98. The molecular weight excluding hydrogens is 346 g/mol. The van der Waals surface area contributed by atoms with Gasteiger partial charge in [0.1, 0.15) is 5.82 Å². The number of thioether (sulfide) groups is 1. The largest absolute Gasteiger partial charge is 0.461 e. The van der Waals surface area contributed by atoms with Crippen LogP contribution in [0.4, 0.5) is 11.9 Å². The number of nitrogens with two attached hydrogens (primary N) is 3. The van der Waals surface area contributed by atoms with Gasteiger partial charge in [0.05, 0.1) is 12.0 Å². The summed E-state index contributed by atoms with van der Waals surface area (Å²) < 4.78 is 7.11. The molecule has 3 aromatic rings. The van der Waals surface area contributed by atoms with Gasteiger partial charge in [0.2, 0.25) is 17.8 Å². The molecule has 25 heavy (non-hydrogen) atoms. The van der Waals surface area contributed by atoms with Crippen molar-refractivity contribution in [2.75, 3.05) is 11.5 Å². The average molecular weight is 361 g/mol. The standard InChI is InChI=1S/C13H15N9O2S/c14-8(23)3-4-22-10(7-2-1-5-24-7)20-21-13(22)25-6-9-17-11(15)19-12(16)18-9/h1-2,5H,3-4,6H2,(H2,14,23)(H4,15,16,17,18,19). The van der Waals surface area contributed by atoms with Crippen LogP contribution in [-0.4, -0.2) is 35.6 Å². The van der Waals surface area contributed by atoms with Crippen molar-refractivity contribution in [2.24, 2.45) is 5.73 Å². The Morgan fingerprint density at radius 1 is 1.20 bits per heavy atom. The van der Waals surface area contributed by atoms with Gasteiger partial charge in [0, 0.05) is 13.0 Å². The van der Waals surface area contributed by atoms with Crippen LogP contribution in [0.3, 0.4) is 0 Å². The molecule has 0 aliphatic heterocycles. The Morgan fingerprint density at radius 3 is 2.60 bits per heavy atom. The first-order valence-corrected chi connectivity index (χ1v) is 8.15. The number of anilines is 2. The van der Waals surface area contributed by atoms with E-state index in [0.29, 0.717) is 34.9 Å². The Kier molecular flexibility index (Phi) is 4.79. The molecule has 130 valence electrons. The van der Waals surface area contributed by atoms with Crippen LogP contribution in [0.1, 0.15) is 12.2 Å². The molecule has 0 bridgehead atoms. The van der Waals surface area contributed by atoms with E-state index in [4.69, 9.17) is 21.6 Å². The molecule has 3 aromatic heterocycles. The summed E-state index contributed by atoms with van der Waals surface area (Å²) in [6.07, 6.45) is 1.68. The SMILES string of the molecule is NC(=O)CCn1c(SCc2nc(N)nc(N)n2)nnc1-c1ccco1. The fourth-order valence-electron chi connectivity index (χ4n) is 2.06. The van der Waals surface area contributed by atoms with Gasteiger partial charge in [-0.25, -0.2) is 0 Å². The molecule has 0 aliphatic carbocycles. The monoisotopic (exact) mass is 361 g/mol. The van der Waals surface area contributed by atoms with Crippen LogP contribution in [0.2, 0.25) is 0 Å². The lowest BCUT2D eigenvalue weighted by molar-refractivity contribution is -0.118. The van der Waals surface area contributed by atoms with Crippen molar-refractivity contribution in [3.8, 4) is 11.6 Å². The van der Waals surface area contributed by atoms with E-state index in [9.17, 15) is 4.79 Å². The minimum atomic E-state index is -0.423. The van der Waals surface area contributed by atoms with Gasteiger partial charge in [-0.3, -0.25) is 9.36 Å². The van der Waals surface area contributed by atoms with Gasteiger partial charge < -0.3 is 21.6 Å². The number of amides is 1. The molecule has 0 aromatic carbocycles. The molecule has 0 aliphatic rings. The summed E-state index contributed by atoms with van der Waals surface area (Å²) in [4.78, 5) is 22.9. The van der Waals surface area contributed by atoms with Crippen molar-refractivity contribution in [3.05, 3.63) is 24.2 Å². The first-order valence-electron chi connectivity index (χ1n) is 7.17. The van der Waals surface area contributed by atoms with E-state index < -0.39 is 5.91 Å². The minimum absolute atomic E-state index is 0.0505. The summed E-state index contributed by atoms with van der Waals surface area (Å²) >= 11 is 1.32. The van der Waals surface area contributed by atoms with Gasteiger partial charge >= 0.3 is 0 Å². The topological polar surface area (TPSA) is 178 Å². The third-order valence-electron chi connectivity index (χ3n) is 3.09. The molecule has 0 fully saturated rings. The zero-order valence-corrected chi connectivity index (χ0v) is 13.8. The number of carbonyl (C=O) groups excluding carboxylic acids is 1.